The molecule has 0 bridgehead atoms. The quantitative estimate of drug-likeness (QED) is 0.846. The van der Waals surface area contributed by atoms with E-state index in [1.165, 1.54) is 16.8 Å². The number of piperidine rings is 1. The number of ether oxygens (including phenoxy) is 1. The molecule has 5 nitrogen and oxygen atoms in total. The number of methoxy groups -OCH3 is 1. The molecule has 1 aromatic heterocycles. The first kappa shape index (κ1) is 17.4. The molecule has 0 saturated carbocycles. The van der Waals surface area contributed by atoms with Gasteiger partial charge in [-0.1, -0.05) is 18.2 Å². The van der Waals surface area contributed by atoms with E-state index in [9.17, 15) is 0 Å². The van der Waals surface area contributed by atoms with E-state index in [0.29, 0.717) is 5.92 Å². The molecule has 4 rings (SSSR count). The first-order valence-electron chi connectivity index (χ1n) is 9.60. The third-order valence-corrected chi connectivity index (χ3v) is 5.68. The number of fused-ring (bicyclic) bond motifs is 1. The Bertz CT molecular complexity index is 755. The molecule has 2 aliphatic rings. The number of likely N-dealkylation sites (tertiary alicyclic amines) is 1. The molecule has 0 atom stereocenters. The van der Waals surface area contributed by atoms with Crippen molar-refractivity contribution in [3.05, 3.63) is 53.1 Å². The minimum atomic E-state index is 0.494. The molecular formula is C21H28N4O. The van der Waals surface area contributed by atoms with Crippen LogP contribution < -0.4 is 4.74 Å². The summed E-state index contributed by atoms with van der Waals surface area (Å²) in [6.07, 6.45) is 5.38. The summed E-state index contributed by atoms with van der Waals surface area (Å²) in [5, 5.41) is 0. The van der Waals surface area contributed by atoms with E-state index in [1.54, 1.807) is 7.11 Å². The fourth-order valence-electron chi connectivity index (χ4n) is 4.09. The van der Waals surface area contributed by atoms with Crippen LogP contribution in [0.25, 0.3) is 0 Å². The van der Waals surface area contributed by atoms with Crippen LogP contribution in [-0.4, -0.2) is 53.6 Å². The summed E-state index contributed by atoms with van der Waals surface area (Å²) >= 11 is 0. The van der Waals surface area contributed by atoms with Crippen LogP contribution in [0.5, 0.6) is 5.75 Å². The highest BCUT2D eigenvalue weighted by Gasteiger charge is 2.25. The zero-order chi connectivity index (χ0) is 17.9. The molecular weight excluding hydrogens is 324 g/mol. The van der Waals surface area contributed by atoms with Crippen molar-refractivity contribution >= 4 is 0 Å². The molecule has 0 aliphatic carbocycles. The van der Waals surface area contributed by atoms with Gasteiger partial charge in [0.1, 0.15) is 11.6 Å². The lowest BCUT2D eigenvalue weighted by molar-refractivity contribution is 0.199. The van der Waals surface area contributed by atoms with Crippen molar-refractivity contribution in [2.75, 3.05) is 33.8 Å². The molecule has 5 heteroatoms. The minimum Gasteiger partial charge on any atom is -0.496 e. The van der Waals surface area contributed by atoms with Gasteiger partial charge in [-0.05, 0) is 39.0 Å². The van der Waals surface area contributed by atoms with Gasteiger partial charge in [0.05, 0.1) is 7.11 Å². The van der Waals surface area contributed by atoms with E-state index in [2.05, 4.69) is 35.2 Å². The molecule has 0 N–H and O–H groups in total. The van der Waals surface area contributed by atoms with Crippen LogP contribution in [-0.2, 0) is 19.5 Å². The summed E-state index contributed by atoms with van der Waals surface area (Å²) in [6.45, 7) is 5.21. The lowest BCUT2D eigenvalue weighted by atomic mass is 9.95. The Morgan fingerprint density at radius 3 is 2.77 bits per heavy atom. The summed E-state index contributed by atoms with van der Waals surface area (Å²) in [5.74, 6) is 2.54. The highest BCUT2D eigenvalue weighted by Crippen LogP contribution is 2.29. The topological polar surface area (TPSA) is 41.5 Å². The van der Waals surface area contributed by atoms with Crippen molar-refractivity contribution in [3.8, 4) is 5.75 Å². The number of aromatic nitrogens is 2. The maximum absolute atomic E-state index is 5.49. The zero-order valence-electron chi connectivity index (χ0n) is 15.8. The van der Waals surface area contributed by atoms with Gasteiger partial charge in [0.15, 0.2) is 0 Å². The van der Waals surface area contributed by atoms with E-state index < -0.39 is 0 Å². The van der Waals surface area contributed by atoms with E-state index in [0.717, 1.165) is 63.6 Å². The molecule has 0 amide bonds. The minimum absolute atomic E-state index is 0.494. The third kappa shape index (κ3) is 3.74. The van der Waals surface area contributed by atoms with Crippen molar-refractivity contribution in [3.63, 3.8) is 0 Å². The van der Waals surface area contributed by atoms with Gasteiger partial charge in [-0.3, -0.25) is 4.90 Å². The van der Waals surface area contributed by atoms with E-state index in [-0.39, 0.29) is 0 Å². The number of nitrogens with zero attached hydrogens (tertiary/aromatic N) is 4. The van der Waals surface area contributed by atoms with Crippen LogP contribution in [0.2, 0.25) is 0 Å². The van der Waals surface area contributed by atoms with Crippen LogP contribution in [0.1, 0.15) is 41.4 Å². The van der Waals surface area contributed by atoms with Gasteiger partial charge < -0.3 is 9.64 Å². The number of likely N-dealkylation sites (N-methyl/N-ethyl adjacent to an activating group) is 1. The number of hydrogen-bond donors (Lipinski definition) is 0. The van der Waals surface area contributed by atoms with Gasteiger partial charge in [-0.15, -0.1) is 0 Å². The predicted octanol–water partition coefficient (Wildman–Crippen LogP) is 2.85. The van der Waals surface area contributed by atoms with Crippen LogP contribution >= 0.6 is 0 Å². The molecule has 1 fully saturated rings. The largest absolute Gasteiger partial charge is 0.496 e. The first-order valence-corrected chi connectivity index (χ1v) is 9.60. The standard InChI is InChI=1S/C21H28N4O/c1-24-10-9-19-18(14-24)13-22-21(23-19)16-7-11-25(12-8-16)15-17-5-3-4-6-20(17)26-2/h3-6,13,16H,7-12,14-15H2,1-2H3. The number of benzene rings is 1. The Labute approximate surface area is 156 Å². The van der Waals surface area contributed by atoms with Gasteiger partial charge >= 0.3 is 0 Å². The summed E-state index contributed by atoms with van der Waals surface area (Å²) in [6, 6.07) is 8.32. The molecule has 1 saturated heterocycles. The van der Waals surface area contributed by atoms with E-state index in [1.807, 2.05) is 12.1 Å². The predicted molar refractivity (Wildman–Crippen MR) is 102 cm³/mol. The Hall–Kier alpha value is -1.98. The Morgan fingerprint density at radius 2 is 1.96 bits per heavy atom. The van der Waals surface area contributed by atoms with Crippen molar-refractivity contribution in [1.82, 2.24) is 19.8 Å². The summed E-state index contributed by atoms with van der Waals surface area (Å²) < 4.78 is 5.49. The fraction of sp³-hybridized carbons (Fsp3) is 0.524. The zero-order valence-corrected chi connectivity index (χ0v) is 15.8. The van der Waals surface area contributed by atoms with Gasteiger partial charge in [-0.2, -0.15) is 0 Å². The number of para-hydroxylation sites is 1. The first-order chi connectivity index (χ1) is 12.7. The summed E-state index contributed by atoms with van der Waals surface area (Å²) in [5.41, 5.74) is 3.84. The van der Waals surface area contributed by atoms with Crippen LogP contribution in [0.3, 0.4) is 0 Å². The third-order valence-electron chi connectivity index (χ3n) is 5.68. The Kier molecular flexibility index (Phi) is 5.18. The second-order valence-corrected chi connectivity index (χ2v) is 7.55. The van der Waals surface area contributed by atoms with Crippen LogP contribution in [0.4, 0.5) is 0 Å². The van der Waals surface area contributed by atoms with Crippen molar-refractivity contribution in [2.45, 2.75) is 38.3 Å². The number of hydrogen-bond acceptors (Lipinski definition) is 5. The second kappa shape index (κ2) is 7.72. The Balaban J connectivity index is 1.38. The van der Waals surface area contributed by atoms with Gasteiger partial charge in [-0.25, -0.2) is 9.97 Å². The monoisotopic (exact) mass is 352 g/mol. The van der Waals surface area contributed by atoms with Gasteiger partial charge in [0.2, 0.25) is 0 Å². The van der Waals surface area contributed by atoms with Gasteiger partial charge in [0.25, 0.3) is 0 Å². The lowest BCUT2D eigenvalue weighted by Crippen LogP contribution is -2.33. The molecule has 2 aromatic rings. The number of rotatable bonds is 4. The van der Waals surface area contributed by atoms with Crippen molar-refractivity contribution < 1.29 is 4.74 Å². The maximum atomic E-state index is 5.49. The molecule has 0 radical (unpaired) electrons. The highest BCUT2D eigenvalue weighted by molar-refractivity contribution is 5.33. The molecule has 0 spiro atoms. The SMILES string of the molecule is COc1ccccc1CN1CCC(c2ncc3c(n2)CCN(C)C3)CC1. The van der Waals surface area contributed by atoms with Crippen molar-refractivity contribution in [2.24, 2.45) is 0 Å². The Morgan fingerprint density at radius 1 is 1.15 bits per heavy atom. The van der Waals surface area contributed by atoms with Crippen LogP contribution in [0.15, 0.2) is 30.5 Å². The van der Waals surface area contributed by atoms with E-state index >= 15 is 0 Å². The highest BCUT2D eigenvalue weighted by atomic mass is 16.5. The summed E-state index contributed by atoms with van der Waals surface area (Å²) in [7, 11) is 3.91. The molecule has 1 aromatic carbocycles. The summed E-state index contributed by atoms with van der Waals surface area (Å²) in [4.78, 5) is 14.5. The molecule has 3 heterocycles. The van der Waals surface area contributed by atoms with Crippen molar-refractivity contribution in [1.29, 1.82) is 0 Å². The lowest BCUT2D eigenvalue weighted by Gasteiger charge is -2.32. The van der Waals surface area contributed by atoms with E-state index in [4.69, 9.17) is 14.7 Å². The normalized spacial score (nSPS) is 19.3. The second-order valence-electron chi connectivity index (χ2n) is 7.55. The average molecular weight is 352 g/mol. The van der Waals surface area contributed by atoms with Crippen LogP contribution in [0, 0.1) is 0 Å². The van der Waals surface area contributed by atoms with Gasteiger partial charge in [0, 0.05) is 55.0 Å². The molecule has 138 valence electrons. The maximum Gasteiger partial charge on any atom is 0.131 e. The molecule has 0 unspecified atom stereocenters. The average Bonchev–Trinajstić information content (AvgIpc) is 2.68. The molecule has 26 heavy (non-hydrogen) atoms. The molecule has 2 aliphatic heterocycles. The smallest absolute Gasteiger partial charge is 0.131 e. The fourth-order valence-corrected chi connectivity index (χ4v) is 4.09.